The van der Waals surface area contributed by atoms with Gasteiger partial charge in [0.05, 0.1) is 32.4 Å². The minimum absolute atomic E-state index is 0.0511. The van der Waals surface area contributed by atoms with Gasteiger partial charge in [-0.05, 0) is 59.1 Å². The Kier molecular flexibility index (Phi) is 5.97. The number of aryl methyl sites for hydroxylation is 1. The lowest BCUT2D eigenvalue weighted by Crippen LogP contribution is -2.56. The Morgan fingerprint density at radius 1 is 1.40 bits per heavy atom. The van der Waals surface area contributed by atoms with Crippen LogP contribution in [0.1, 0.15) is 57.4 Å². The fourth-order valence-electron chi connectivity index (χ4n) is 4.47. The lowest BCUT2D eigenvalue weighted by Gasteiger charge is -2.41. The highest BCUT2D eigenvalue weighted by Gasteiger charge is 2.51. The number of hydrogen-bond donors (Lipinski definition) is 3. The highest BCUT2D eigenvalue weighted by molar-refractivity contribution is 5.70. The standard InChI is InChI=1S/C22H34N2O6/c1-12-8-13-9-14(10-25)23-17(16(13)18(26)19(12)28-7)15-11-29-22(5,6)24(15)20(27)30-21(2,3)4/h8,14-15,17,23,25-26H,9-11H2,1-7H3/t14-,15?,17-/m0/s1. The molecule has 0 radical (unpaired) electrons. The zero-order valence-corrected chi connectivity index (χ0v) is 18.9. The molecule has 1 aromatic rings. The molecule has 2 aliphatic heterocycles. The Hall–Kier alpha value is -2.03. The molecule has 1 saturated heterocycles. The van der Waals surface area contributed by atoms with Gasteiger partial charge in [-0.3, -0.25) is 4.90 Å². The third kappa shape index (κ3) is 4.08. The molecule has 30 heavy (non-hydrogen) atoms. The number of hydrogen-bond acceptors (Lipinski definition) is 7. The first-order valence-electron chi connectivity index (χ1n) is 10.3. The van der Waals surface area contributed by atoms with E-state index in [1.807, 2.05) is 47.6 Å². The van der Waals surface area contributed by atoms with E-state index in [1.165, 1.54) is 7.11 Å². The van der Waals surface area contributed by atoms with E-state index in [2.05, 4.69) is 5.32 Å². The molecule has 0 aromatic heterocycles. The average Bonchev–Trinajstić information content (AvgIpc) is 2.94. The Labute approximate surface area is 178 Å². The normalized spacial score (nSPS) is 25.7. The summed E-state index contributed by atoms with van der Waals surface area (Å²) in [5.41, 5.74) is 0.863. The molecule has 3 N–H and O–H groups in total. The minimum Gasteiger partial charge on any atom is -0.504 e. The molecular weight excluding hydrogens is 388 g/mol. The largest absolute Gasteiger partial charge is 0.504 e. The second-order valence-electron chi connectivity index (χ2n) is 9.55. The molecule has 0 spiro atoms. The third-order valence-electron chi connectivity index (χ3n) is 5.68. The van der Waals surface area contributed by atoms with Crippen LogP contribution in [0.5, 0.6) is 11.5 Å². The van der Waals surface area contributed by atoms with Crippen molar-refractivity contribution in [3.8, 4) is 11.5 Å². The molecule has 1 aromatic carbocycles. The summed E-state index contributed by atoms with van der Waals surface area (Å²) in [4.78, 5) is 14.7. The first kappa shape index (κ1) is 22.7. The van der Waals surface area contributed by atoms with Crippen LogP contribution in [-0.2, 0) is 15.9 Å². The van der Waals surface area contributed by atoms with E-state index in [9.17, 15) is 15.0 Å². The number of carbonyl (C=O) groups is 1. The summed E-state index contributed by atoms with van der Waals surface area (Å²) in [6, 6.07) is 0.859. The van der Waals surface area contributed by atoms with Crippen LogP contribution in [0.3, 0.4) is 0 Å². The van der Waals surface area contributed by atoms with Gasteiger partial charge in [0.2, 0.25) is 0 Å². The van der Waals surface area contributed by atoms with Gasteiger partial charge in [-0.25, -0.2) is 4.79 Å². The maximum Gasteiger partial charge on any atom is 0.412 e. The predicted octanol–water partition coefficient (Wildman–Crippen LogP) is 2.63. The number of amides is 1. The van der Waals surface area contributed by atoms with Crippen molar-refractivity contribution in [2.45, 2.75) is 77.4 Å². The van der Waals surface area contributed by atoms with Crippen LogP contribution >= 0.6 is 0 Å². The number of ether oxygens (including phenoxy) is 3. The van der Waals surface area contributed by atoms with Crippen LogP contribution in [0.4, 0.5) is 4.79 Å². The summed E-state index contributed by atoms with van der Waals surface area (Å²) in [6.07, 6.45) is 0.0764. The maximum atomic E-state index is 13.1. The van der Waals surface area contributed by atoms with Crippen molar-refractivity contribution in [3.05, 3.63) is 22.8 Å². The van der Waals surface area contributed by atoms with Gasteiger partial charge in [-0.2, -0.15) is 0 Å². The number of benzene rings is 1. The smallest absolute Gasteiger partial charge is 0.412 e. The van der Waals surface area contributed by atoms with Crippen LogP contribution in [0.2, 0.25) is 0 Å². The van der Waals surface area contributed by atoms with Crippen LogP contribution in [0, 0.1) is 6.92 Å². The molecule has 1 fully saturated rings. The molecule has 2 heterocycles. The third-order valence-corrected chi connectivity index (χ3v) is 5.68. The van der Waals surface area contributed by atoms with E-state index in [0.717, 1.165) is 11.1 Å². The first-order valence-corrected chi connectivity index (χ1v) is 10.3. The van der Waals surface area contributed by atoms with Crippen molar-refractivity contribution in [1.82, 2.24) is 10.2 Å². The summed E-state index contributed by atoms with van der Waals surface area (Å²) in [5.74, 6) is 0.459. The van der Waals surface area contributed by atoms with Gasteiger partial charge in [0, 0.05) is 11.6 Å². The number of carbonyl (C=O) groups excluding carboxylic acids is 1. The molecule has 8 heteroatoms. The van der Waals surface area contributed by atoms with E-state index in [-0.39, 0.29) is 25.0 Å². The molecule has 3 rings (SSSR count). The van der Waals surface area contributed by atoms with E-state index < -0.39 is 29.5 Å². The number of methoxy groups -OCH3 is 1. The number of nitrogens with one attached hydrogen (secondary N) is 1. The number of aliphatic hydroxyl groups is 1. The first-order chi connectivity index (χ1) is 13.9. The molecule has 1 amide bonds. The number of aromatic hydroxyl groups is 1. The predicted molar refractivity (Wildman–Crippen MR) is 112 cm³/mol. The van der Waals surface area contributed by atoms with Crippen molar-refractivity contribution in [1.29, 1.82) is 0 Å². The number of nitrogens with zero attached hydrogens (tertiary/aromatic N) is 1. The Balaban J connectivity index is 2.08. The van der Waals surface area contributed by atoms with Gasteiger partial charge in [0.25, 0.3) is 0 Å². The molecule has 1 unspecified atom stereocenters. The second kappa shape index (κ2) is 7.90. The van der Waals surface area contributed by atoms with Crippen LogP contribution < -0.4 is 10.1 Å². The quantitative estimate of drug-likeness (QED) is 0.688. The van der Waals surface area contributed by atoms with Gasteiger partial charge in [-0.1, -0.05) is 6.07 Å². The monoisotopic (exact) mass is 422 g/mol. The molecular formula is C22H34N2O6. The minimum atomic E-state index is -0.884. The molecule has 2 aliphatic rings. The summed E-state index contributed by atoms with van der Waals surface area (Å²) < 4.78 is 17.0. The number of phenols is 1. The number of rotatable bonds is 3. The molecule has 3 atom stereocenters. The maximum absolute atomic E-state index is 13.1. The van der Waals surface area contributed by atoms with E-state index in [4.69, 9.17) is 14.2 Å². The molecule has 8 nitrogen and oxygen atoms in total. The van der Waals surface area contributed by atoms with Crippen LogP contribution in [0.15, 0.2) is 6.07 Å². The zero-order valence-electron chi connectivity index (χ0n) is 18.9. The van der Waals surface area contributed by atoms with E-state index >= 15 is 0 Å². The van der Waals surface area contributed by atoms with E-state index in [0.29, 0.717) is 17.7 Å². The van der Waals surface area contributed by atoms with Crippen molar-refractivity contribution in [2.75, 3.05) is 20.3 Å². The van der Waals surface area contributed by atoms with Crippen molar-refractivity contribution in [2.24, 2.45) is 0 Å². The van der Waals surface area contributed by atoms with Gasteiger partial charge < -0.3 is 29.7 Å². The molecule has 168 valence electrons. The van der Waals surface area contributed by atoms with Gasteiger partial charge in [0.1, 0.15) is 11.3 Å². The Morgan fingerprint density at radius 3 is 2.63 bits per heavy atom. The topological polar surface area (TPSA) is 100 Å². The molecule has 0 bridgehead atoms. The highest BCUT2D eigenvalue weighted by Crippen LogP contribution is 2.46. The van der Waals surface area contributed by atoms with Crippen molar-refractivity contribution < 1.29 is 29.2 Å². The second-order valence-corrected chi connectivity index (χ2v) is 9.55. The van der Waals surface area contributed by atoms with E-state index in [1.54, 1.807) is 4.90 Å². The number of fused-ring (bicyclic) bond motifs is 1. The molecule has 0 saturated carbocycles. The SMILES string of the molecule is COc1c(C)cc2c(c1O)[C@H](C1COC(C)(C)N1C(=O)OC(C)(C)C)N[C@H](CO)C2. The summed E-state index contributed by atoms with van der Waals surface area (Å²) in [6.45, 7) is 11.2. The Morgan fingerprint density at radius 2 is 2.07 bits per heavy atom. The van der Waals surface area contributed by atoms with Gasteiger partial charge in [-0.15, -0.1) is 0 Å². The van der Waals surface area contributed by atoms with Crippen LogP contribution in [-0.4, -0.2) is 64.9 Å². The average molecular weight is 423 g/mol. The lowest BCUT2D eigenvalue weighted by atomic mass is 9.84. The van der Waals surface area contributed by atoms with Crippen molar-refractivity contribution in [3.63, 3.8) is 0 Å². The van der Waals surface area contributed by atoms with Crippen LogP contribution in [0.25, 0.3) is 0 Å². The summed E-state index contributed by atoms with van der Waals surface area (Å²) in [5, 5.41) is 24.3. The zero-order chi connectivity index (χ0) is 22.4. The fraction of sp³-hybridized carbons (Fsp3) is 0.682. The highest BCUT2D eigenvalue weighted by atomic mass is 16.6. The summed E-state index contributed by atoms with van der Waals surface area (Å²) >= 11 is 0. The Bertz CT molecular complexity index is 817. The number of aliphatic hydroxyl groups excluding tert-OH is 1. The summed E-state index contributed by atoms with van der Waals surface area (Å²) in [7, 11) is 1.52. The van der Waals surface area contributed by atoms with Gasteiger partial charge >= 0.3 is 6.09 Å². The fourth-order valence-corrected chi connectivity index (χ4v) is 4.47. The molecule has 0 aliphatic carbocycles. The lowest BCUT2D eigenvalue weighted by molar-refractivity contribution is -0.0640. The van der Waals surface area contributed by atoms with Gasteiger partial charge in [0.15, 0.2) is 11.5 Å². The van der Waals surface area contributed by atoms with Crippen molar-refractivity contribution >= 4 is 6.09 Å². The number of phenolic OH excluding ortho intramolecular Hbond substituents is 1.